The van der Waals surface area contributed by atoms with Crippen molar-refractivity contribution in [2.45, 2.75) is 70.4 Å². The highest BCUT2D eigenvalue weighted by Crippen LogP contribution is 2.19. The zero-order chi connectivity index (χ0) is 18.5. The minimum absolute atomic E-state index is 0.464. The molecular formula is C20H40N4O2. The summed E-state index contributed by atoms with van der Waals surface area (Å²) in [5.41, 5.74) is 0. The van der Waals surface area contributed by atoms with Crippen LogP contribution in [0.5, 0.6) is 0 Å². The smallest absolute Gasteiger partial charge is 0.191 e. The molecule has 1 heterocycles. The second kappa shape index (κ2) is 13.3. The van der Waals surface area contributed by atoms with Gasteiger partial charge in [0.15, 0.2) is 5.96 Å². The van der Waals surface area contributed by atoms with Gasteiger partial charge in [-0.05, 0) is 39.2 Å². The van der Waals surface area contributed by atoms with Gasteiger partial charge >= 0.3 is 0 Å². The van der Waals surface area contributed by atoms with Crippen molar-refractivity contribution in [3.05, 3.63) is 0 Å². The number of likely N-dealkylation sites (tertiary alicyclic amines) is 1. The standard InChI is InChI=1S/C20H40N4O2/c1-3-21-20(22-12-15-26-19-10-6-4-5-7-11-19)23-17-18-9-8-13-24(18)14-16-25-2/h18-19H,3-17H2,1-2H3,(H2,21,22,23). The van der Waals surface area contributed by atoms with Gasteiger partial charge in [-0.15, -0.1) is 0 Å². The molecule has 0 aromatic heterocycles. The zero-order valence-corrected chi connectivity index (χ0v) is 17.0. The number of methoxy groups -OCH3 is 1. The zero-order valence-electron chi connectivity index (χ0n) is 17.0. The molecule has 1 unspecified atom stereocenters. The van der Waals surface area contributed by atoms with E-state index in [1.165, 1.54) is 57.9 Å². The van der Waals surface area contributed by atoms with Crippen LogP contribution in [-0.4, -0.2) is 76.1 Å². The maximum atomic E-state index is 6.06. The van der Waals surface area contributed by atoms with Crippen LogP contribution in [0.25, 0.3) is 0 Å². The molecule has 2 fully saturated rings. The van der Waals surface area contributed by atoms with Crippen molar-refractivity contribution in [2.24, 2.45) is 4.99 Å². The Morgan fingerprint density at radius 2 is 1.85 bits per heavy atom. The van der Waals surface area contributed by atoms with E-state index in [1.54, 1.807) is 7.11 Å². The molecule has 1 saturated carbocycles. The van der Waals surface area contributed by atoms with Gasteiger partial charge in [-0.1, -0.05) is 25.7 Å². The second-order valence-electron chi connectivity index (χ2n) is 7.46. The fraction of sp³-hybridized carbons (Fsp3) is 0.950. The lowest BCUT2D eigenvalue weighted by Gasteiger charge is -2.23. The normalized spacial score (nSPS) is 23.2. The number of ether oxygens (including phenoxy) is 2. The first kappa shape index (κ1) is 21.5. The van der Waals surface area contributed by atoms with Crippen LogP contribution in [0.3, 0.4) is 0 Å². The largest absolute Gasteiger partial charge is 0.383 e. The van der Waals surface area contributed by atoms with E-state index in [1.807, 2.05) is 0 Å². The predicted octanol–water partition coefficient (Wildman–Crippen LogP) is 2.39. The summed E-state index contributed by atoms with van der Waals surface area (Å²) in [6.07, 6.45) is 10.8. The Bertz CT molecular complexity index is 384. The van der Waals surface area contributed by atoms with Crippen LogP contribution in [0.2, 0.25) is 0 Å². The first-order valence-electron chi connectivity index (χ1n) is 10.7. The van der Waals surface area contributed by atoms with Crippen LogP contribution in [0.1, 0.15) is 58.3 Å². The number of nitrogens with one attached hydrogen (secondary N) is 2. The van der Waals surface area contributed by atoms with E-state index in [0.717, 1.165) is 45.4 Å². The van der Waals surface area contributed by atoms with E-state index in [2.05, 4.69) is 22.5 Å². The summed E-state index contributed by atoms with van der Waals surface area (Å²) in [6, 6.07) is 0.544. The maximum absolute atomic E-state index is 6.06. The molecule has 152 valence electrons. The lowest BCUT2D eigenvalue weighted by Crippen LogP contribution is -2.41. The Balaban J connectivity index is 1.68. The Kier molecular flexibility index (Phi) is 11.0. The Morgan fingerprint density at radius 1 is 1.04 bits per heavy atom. The molecule has 0 aromatic rings. The third-order valence-electron chi connectivity index (χ3n) is 5.44. The van der Waals surface area contributed by atoms with Crippen LogP contribution < -0.4 is 10.6 Å². The first-order chi connectivity index (χ1) is 12.8. The third kappa shape index (κ3) is 8.23. The average Bonchev–Trinajstić information content (AvgIpc) is 2.94. The number of hydrogen-bond acceptors (Lipinski definition) is 4. The molecule has 26 heavy (non-hydrogen) atoms. The molecule has 1 aliphatic carbocycles. The molecule has 2 rings (SSSR count). The topological polar surface area (TPSA) is 58.1 Å². The molecular weight excluding hydrogens is 328 g/mol. The van der Waals surface area contributed by atoms with Crippen molar-refractivity contribution in [3.8, 4) is 0 Å². The van der Waals surface area contributed by atoms with Crippen LogP contribution >= 0.6 is 0 Å². The average molecular weight is 369 g/mol. The van der Waals surface area contributed by atoms with Crippen LogP contribution in [-0.2, 0) is 9.47 Å². The number of rotatable bonds is 10. The van der Waals surface area contributed by atoms with E-state index < -0.39 is 0 Å². The lowest BCUT2D eigenvalue weighted by molar-refractivity contribution is 0.0468. The molecule has 2 aliphatic rings. The summed E-state index contributed by atoms with van der Waals surface area (Å²) in [6.45, 7) is 8.41. The molecule has 2 N–H and O–H groups in total. The highest BCUT2D eigenvalue weighted by Gasteiger charge is 2.23. The van der Waals surface area contributed by atoms with E-state index in [-0.39, 0.29) is 0 Å². The van der Waals surface area contributed by atoms with Crippen LogP contribution in [0.4, 0.5) is 0 Å². The third-order valence-corrected chi connectivity index (χ3v) is 5.44. The highest BCUT2D eigenvalue weighted by atomic mass is 16.5. The number of aliphatic imine (C=N–C) groups is 1. The van der Waals surface area contributed by atoms with Crippen molar-refractivity contribution in [3.63, 3.8) is 0 Å². The quantitative estimate of drug-likeness (QED) is 0.268. The van der Waals surface area contributed by atoms with Gasteiger partial charge in [-0.25, -0.2) is 0 Å². The van der Waals surface area contributed by atoms with E-state index >= 15 is 0 Å². The predicted molar refractivity (Wildman–Crippen MR) is 108 cm³/mol. The summed E-state index contributed by atoms with van der Waals surface area (Å²) in [4.78, 5) is 7.32. The highest BCUT2D eigenvalue weighted by molar-refractivity contribution is 5.79. The molecule has 0 aromatic carbocycles. The van der Waals surface area contributed by atoms with Gasteiger partial charge in [0.05, 0.1) is 25.9 Å². The molecule has 6 nitrogen and oxygen atoms in total. The molecule has 1 atom stereocenters. The second-order valence-corrected chi connectivity index (χ2v) is 7.46. The first-order valence-corrected chi connectivity index (χ1v) is 10.7. The van der Waals surface area contributed by atoms with Crippen LogP contribution in [0, 0.1) is 0 Å². The number of guanidine groups is 1. The van der Waals surface area contributed by atoms with Crippen molar-refractivity contribution in [1.29, 1.82) is 0 Å². The Labute approximate surface area is 160 Å². The monoisotopic (exact) mass is 368 g/mol. The van der Waals surface area contributed by atoms with Gasteiger partial charge in [0.1, 0.15) is 0 Å². The molecule has 0 bridgehead atoms. The Hall–Kier alpha value is -0.850. The fourth-order valence-electron chi connectivity index (χ4n) is 3.95. The van der Waals surface area contributed by atoms with E-state index in [9.17, 15) is 0 Å². The summed E-state index contributed by atoms with van der Waals surface area (Å²) in [7, 11) is 1.77. The number of hydrogen-bond donors (Lipinski definition) is 2. The van der Waals surface area contributed by atoms with Crippen molar-refractivity contribution < 1.29 is 9.47 Å². The van der Waals surface area contributed by atoms with Gasteiger partial charge in [-0.3, -0.25) is 9.89 Å². The molecule has 0 radical (unpaired) electrons. The van der Waals surface area contributed by atoms with Gasteiger partial charge in [-0.2, -0.15) is 0 Å². The molecule has 6 heteroatoms. The van der Waals surface area contributed by atoms with Crippen LogP contribution in [0.15, 0.2) is 4.99 Å². The fourth-order valence-corrected chi connectivity index (χ4v) is 3.95. The minimum atomic E-state index is 0.464. The lowest BCUT2D eigenvalue weighted by atomic mass is 10.1. The number of nitrogens with zero attached hydrogens (tertiary/aromatic N) is 2. The molecule has 0 amide bonds. The van der Waals surface area contributed by atoms with Gasteiger partial charge in [0.2, 0.25) is 0 Å². The Morgan fingerprint density at radius 3 is 2.58 bits per heavy atom. The SMILES string of the molecule is CCNC(=NCC1CCCN1CCOC)NCCOC1CCCCCC1. The summed E-state index contributed by atoms with van der Waals surface area (Å²) < 4.78 is 11.3. The van der Waals surface area contributed by atoms with Crippen molar-refractivity contribution >= 4 is 5.96 Å². The van der Waals surface area contributed by atoms with Gasteiger partial charge < -0.3 is 20.1 Å². The van der Waals surface area contributed by atoms with Crippen molar-refractivity contribution in [2.75, 3.05) is 53.0 Å². The van der Waals surface area contributed by atoms with E-state index in [4.69, 9.17) is 14.5 Å². The maximum Gasteiger partial charge on any atom is 0.191 e. The summed E-state index contributed by atoms with van der Waals surface area (Å²) in [5.74, 6) is 0.913. The molecule has 1 saturated heterocycles. The minimum Gasteiger partial charge on any atom is -0.383 e. The van der Waals surface area contributed by atoms with Gasteiger partial charge in [0.25, 0.3) is 0 Å². The van der Waals surface area contributed by atoms with Gasteiger partial charge in [0, 0.05) is 32.8 Å². The summed E-state index contributed by atoms with van der Waals surface area (Å²) >= 11 is 0. The van der Waals surface area contributed by atoms with Crippen molar-refractivity contribution in [1.82, 2.24) is 15.5 Å². The molecule has 0 spiro atoms. The summed E-state index contributed by atoms with van der Waals surface area (Å²) in [5, 5.41) is 6.78. The molecule has 1 aliphatic heterocycles. The van der Waals surface area contributed by atoms with E-state index in [0.29, 0.717) is 12.1 Å².